The molecule has 174 valence electrons. The van der Waals surface area contributed by atoms with Gasteiger partial charge in [0.15, 0.2) is 5.82 Å². The molecule has 33 heavy (non-hydrogen) atoms. The van der Waals surface area contributed by atoms with Crippen LogP contribution in [0.15, 0.2) is 29.8 Å². The lowest BCUT2D eigenvalue weighted by atomic mass is 9.85. The predicted molar refractivity (Wildman–Crippen MR) is 131 cm³/mol. The van der Waals surface area contributed by atoms with Crippen molar-refractivity contribution in [3.63, 3.8) is 0 Å². The lowest BCUT2D eigenvalue weighted by Gasteiger charge is -2.23. The zero-order valence-corrected chi connectivity index (χ0v) is 20.2. The molecule has 0 spiro atoms. The molecular formula is C24H27Cl2N5O2. The molecule has 1 aliphatic carbocycles. The first-order valence-electron chi connectivity index (χ1n) is 11.2. The van der Waals surface area contributed by atoms with Crippen LogP contribution >= 0.6 is 23.2 Å². The van der Waals surface area contributed by atoms with Crippen molar-refractivity contribution in [2.45, 2.75) is 57.9 Å². The first-order valence-corrected chi connectivity index (χ1v) is 11.9. The summed E-state index contributed by atoms with van der Waals surface area (Å²) in [5, 5.41) is 18.3. The molecule has 0 amide bonds. The third-order valence-electron chi connectivity index (χ3n) is 6.02. The van der Waals surface area contributed by atoms with Crippen molar-refractivity contribution in [2.24, 2.45) is 7.05 Å². The average molecular weight is 488 g/mol. The summed E-state index contributed by atoms with van der Waals surface area (Å²) in [5.74, 6) is 0.833. The van der Waals surface area contributed by atoms with E-state index in [9.17, 15) is 4.79 Å². The highest BCUT2D eigenvalue weighted by Crippen LogP contribution is 2.36. The second-order valence-electron chi connectivity index (χ2n) is 8.47. The molecule has 0 aliphatic heterocycles. The summed E-state index contributed by atoms with van der Waals surface area (Å²) in [6.07, 6.45) is 6.32. The third-order valence-corrected chi connectivity index (χ3v) is 6.76. The molecule has 1 fully saturated rings. The Morgan fingerprint density at radius 3 is 2.67 bits per heavy atom. The van der Waals surface area contributed by atoms with Crippen molar-refractivity contribution in [2.75, 3.05) is 5.32 Å². The molecule has 2 aromatic heterocycles. The number of allylic oxidation sites excluding steroid dienone is 1. The van der Waals surface area contributed by atoms with Crippen molar-refractivity contribution in [3.05, 3.63) is 57.0 Å². The number of nitrogens with zero attached hydrogens (tertiary/aromatic N) is 4. The number of aryl methyl sites for hydroxylation is 2. The highest BCUT2D eigenvalue weighted by molar-refractivity contribution is 6.42. The molecule has 0 saturated heterocycles. The minimum Gasteiger partial charge on any atom is -0.478 e. The van der Waals surface area contributed by atoms with Gasteiger partial charge in [-0.05, 0) is 49.8 Å². The van der Waals surface area contributed by atoms with E-state index in [0.717, 1.165) is 78.0 Å². The number of rotatable bonds is 7. The Hall–Kier alpha value is -2.64. The zero-order valence-electron chi connectivity index (χ0n) is 18.7. The summed E-state index contributed by atoms with van der Waals surface area (Å²) in [6, 6.07) is 5.57. The van der Waals surface area contributed by atoms with Crippen LogP contribution in [0.5, 0.6) is 0 Å². The molecule has 3 aromatic rings. The number of hydrogen-bond donors (Lipinski definition) is 2. The van der Waals surface area contributed by atoms with Crippen LogP contribution in [0.1, 0.15) is 62.0 Å². The number of aliphatic carboxylic acids is 1. The number of anilines is 1. The smallest absolute Gasteiger partial charge is 0.328 e. The van der Waals surface area contributed by atoms with Crippen molar-refractivity contribution in [3.8, 4) is 0 Å². The lowest BCUT2D eigenvalue weighted by molar-refractivity contribution is -0.131. The van der Waals surface area contributed by atoms with Crippen LogP contribution in [-0.4, -0.2) is 30.8 Å². The third kappa shape index (κ3) is 5.31. The molecule has 7 nitrogen and oxygen atoms in total. The number of hydrogen-bond acceptors (Lipinski definition) is 5. The molecule has 2 heterocycles. The van der Waals surface area contributed by atoms with Crippen LogP contribution in [0, 0.1) is 0 Å². The summed E-state index contributed by atoms with van der Waals surface area (Å²) < 4.78 is 1.84. The van der Waals surface area contributed by atoms with Crippen LogP contribution in [0.4, 0.5) is 5.82 Å². The van der Waals surface area contributed by atoms with Gasteiger partial charge in [0.05, 0.1) is 15.7 Å². The molecule has 0 atom stereocenters. The van der Waals surface area contributed by atoms with Gasteiger partial charge in [0.1, 0.15) is 16.9 Å². The minimum absolute atomic E-state index is 0.181. The molecule has 1 aliphatic rings. The van der Waals surface area contributed by atoms with Gasteiger partial charge in [0.2, 0.25) is 0 Å². The number of aromatic nitrogens is 4. The van der Waals surface area contributed by atoms with Gasteiger partial charge in [-0.2, -0.15) is 5.10 Å². The van der Waals surface area contributed by atoms with E-state index in [2.05, 4.69) is 12.2 Å². The monoisotopic (exact) mass is 487 g/mol. The SMILES string of the molecule is CCCc1nn(C)c2c(NCc3ccc(Cl)c(Cl)c3)nc(C3CCC(=CC(=O)O)CC3)nc12. The molecule has 9 heteroatoms. The normalized spacial score (nSPS) is 16.2. The van der Waals surface area contributed by atoms with E-state index in [0.29, 0.717) is 16.6 Å². The van der Waals surface area contributed by atoms with Gasteiger partial charge in [-0.25, -0.2) is 14.8 Å². The first kappa shape index (κ1) is 23.5. The Morgan fingerprint density at radius 1 is 1.24 bits per heavy atom. The Balaban J connectivity index is 1.67. The van der Waals surface area contributed by atoms with Gasteiger partial charge >= 0.3 is 5.97 Å². The van der Waals surface area contributed by atoms with E-state index in [1.54, 1.807) is 6.07 Å². The van der Waals surface area contributed by atoms with Gasteiger partial charge in [-0.3, -0.25) is 4.68 Å². The standard InChI is InChI=1S/C24H27Cl2N5O2/c1-3-4-19-21-22(31(2)30-19)24(27-13-15-7-10-17(25)18(26)11-15)29-23(28-21)16-8-5-14(6-9-16)12-20(32)33/h7,10-12,16H,3-6,8-9,13H2,1-2H3,(H,32,33)(H,27,28,29). The van der Waals surface area contributed by atoms with Crippen molar-refractivity contribution < 1.29 is 9.90 Å². The van der Waals surface area contributed by atoms with E-state index in [1.807, 2.05) is 23.9 Å². The van der Waals surface area contributed by atoms with Gasteiger partial charge in [-0.15, -0.1) is 0 Å². The predicted octanol–water partition coefficient (Wildman–Crippen LogP) is 5.90. The van der Waals surface area contributed by atoms with Crippen LogP contribution in [0.2, 0.25) is 10.0 Å². The molecule has 0 bridgehead atoms. The highest BCUT2D eigenvalue weighted by Gasteiger charge is 2.25. The molecule has 0 unspecified atom stereocenters. The number of carbonyl (C=O) groups is 1. The van der Waals surface area contributed by atoms with Crippen molar-refractivity contribution in [1.82, 2.24) is 19.7 Å². The van der Waals surface area contributed by atoms with E-state index in [1.165, 1.54) is 6.08 Å². The number of benzene rings is 1. The summed E-state index contributed by atoms with van der Waals surface area (Å²) in [4.78, 5) is 20.9. The minimum atomic E-state index is -0.880. The van der Waals surface area contributed by atoms with Crippen LogP contribution < -0.4 is 5.32 Å². The number of halogens is 2. The maximum absolute atomic E-state index is 11.0. The summed E-state index contributed by atoms with van der Waals surface area (Å²) in [6.45, 7) is 2.66. The van der Waals surface area contributed by atoms with E-state index < -0.39 is 5.97 Å². The van der Waals surface area contributed by atoms with Crippen molar-refractivity contribution in [1.29, 1.82) is 0 Å². The fourth-order valence-electron chi connectivity index (χ4n) is 4.37. The molecule has 1 saturated carbocycles. The maximum atomic E-state index is 11.0. The summed E-state index contributed by atoms with van der Waals surface area (Å²) in [7, 11) is 1.92. The van der Waals surface area contributed by atoms with Crippen molar-refractivity contribution >= 4 is 46.0 Å². The topological polar surface area (TPSA) is 92.9 Å². The van der Waals surface area contributed by atoms with Gasteiger partial charge in [0, 0.05) is 25.6 Å². The second kappa shape index (κ2) is 10.1. The van der Waals surface area contributed by atoms with Gasteiger partial charge in [0.25, 0.3) is 0 Å². The Morgan fingerprint density at radius 2 is 2.00 bits per heavy atom. The van der Waals surface area contributed by atoms with Crippen LogP contribution in [-0.2, 0) is 24.8 Å². The molecule has 2 N–H and O–H groups in total. The largest absolute Gasteiger partial charge is 0.478 e. The summed E-state index contributed by atoms with van der Waals surface area (Å²) >= 11 is 12.2. The van der Waals surface area contributed by atoms with E-state index >= 15 is 0 Å². The van der Waals surface area contributed by atoms with Gasteiger partial charge in [-0.1, -0.05) is 48.2 Å². The maximum Gasteiger partial charge on any atom is 0.328 e. The zero-order chi connectivity index (χ0) is 23.5. The first-order chi connectivity index (χ1) is 15.9. The summed E-state index contributed by atoms with van der Waals surface area (Å²) in [5.41, 5.74) is 4.71. The Kier molecular flexibility index (Phi) is 7.20. The fraction of sp³-hybridized carbons (Fsp3) is 0.417. The molecular weight excluding hydrogens is 461 g/mol. The van der Waals surface area contributed by atoms with Crippen LogP contribution in [0.3, 0.4) is 0 Å². The van der Waals surface area contributed by atoms with Crippen LogP contribution in [0.25, 0.3) is 11.0 Å². The van der Waals surface area contributed by atoms with E-state index in [4.69, 9.17) is 43.4 Å². The second-order valence-corrected chi connectivity index (χ2v) is 9.28. The molecule has 0 radical (unpaired) electrons. The fourth-order valence-corrected chi connectivity index (χ4v) is 4.69. The number of carboxylic acid groups (broad SMARTS) is 1. The number of fused-ring (bicyclic) bond motifs is 1. The molecule has 1 aromatic carbocycles. The lowest BCUT2D eigenvalue weighted by Crippen LogP contribution is -2.13. The number of nitrogens with one attached hydrogen (secondary N) is 1. The highest BCUT2D eigenvalue weighted by atomic mass is 35.5. The quantitative estimate of drug-likeness (QED) is 0.402. The average Bonchev–Trinajstić information content (AvgIpc) is 3.10. The Labute approximate surface area is 202 Å². The Bertz CT molecular complexity index is 1210. The van der Waals surface area contributed by atoms with E-state index in [-0.39, 0.29) is 5.92 Å². The number of carboxylic acids is 1. The molecule has 4 rings (SSSR count). The van der Waals surface area contributed by atoms with Gasteiger partial charge < -0.3 is 10.4 Å².